The summed E-state index contributed by atoms with van der Waals surface area (Å²) >= 11 is 0. The highest BCUT2D eigenvalue weighted by molar-refractivity contribution is 6.48. The van der Waals surface area contributed by atoms with Crippen molar-refractivity contribution in [3.8, 4) is 0 Å². The Morgan fingerprint density at radius 3 is 2.52 bits per heavy atom. The zero-order chi connectivity index (χ0) is 20.2. The first-order valence-electron chi connectivity index (χ1n) is 11.2. The Balaban J connectivity index is 2.63. The molecule has 1 aliphatic rings. The quantitative estimate of drug-likeness (QED) is 0.181. The van der Waals surface area contributed by atoms with E-state index in [2.05, 4.69) is 46.0 Å². The number of carbonyl (C=O) groups is 1. The van der Waals surface area contributed by atoms with Crippen LogP contribution in [-0.2, 0) is 9.22 Å². The number of carbonyl (C=O) groups excluding carboxylic acids is 1. The summed E-state index contributed by atoms with van der Waals surface area (Å²) < 4.78 is 20.7. The molecule has 0 aromatic heterocycles. The van der Waals surface area contributed by atoms with Crippen LogP contribution in [0, 0.1) is 17.8 Å². The lowest BCUT2D eigenvalue weighted by Crippen LogP contribution is -2.31. The number of Topliss-reactive ketones (excluding diaryl/α,β-unsaturated/α-hetero) is 1. The third-order valence-electron chi connectivity index (χ3n) is 5.87. The number of ketones is 1. The Kier molecular flexibility index (Phi) is 12.4. The minimum atomic E-state index is -0.925. The van der Waals surface area contributed by atoms with Crippen LogP contribution in [0.2, 0.25) is 13.1 Å². The second-order valence-electron chi connectivity index (χ2n) is 8.57. The fourth-order valence-corrected chi connectivity index (χ4v) is 5.16. The minimum Gasteiger partial charge on any atom is -0.411 e. The normalized spacial score (nSPS) is 25.6. The van der Waals surface area contributed by atoms with Crippen LogP contribution >= 0.6 is 0 Å². The summed E-state index contributed by atoms with van der Waals surface area (Å²) in [6, 6.07) is 0. The van der Waals surface area contributed by atoms with Gasteiger partial charge >= 0.3 is 0 Å². The van der Waals surface area contributed by atoms with Crippen LogP contribution in [0.3, 0.4) is 0 Å². The van der Waals surface area contributed by atoms with Gasteiger partial charge in [-0.25, -0.2) is 4.39 Å². The van der Waals surface area contributed by atoms with Gasteiger partial charge in [-0.2, -0.15) is 0 Å². The van der Waals surface area contributed by atoms with Crippen molar-refractivity contribution < 1.29 is 13.6 Å². The van der Waals surface area contributed by atoms with Gasteiger partial charge in [-0.3, -0.25) is 4.79 Å². The average Bonchev–Trinajstić information content (AvgIpc) is 2.89. The van der Waals surface area contributed by atoms with Crippen molar-refractivity contribution in [1.82, 2.24) is 0 Å². The van der Waals surface area contributed by atoms with Crippen LogP contribution < -0.4 is 0 Å². The summed E-state index contributed by atoms with van der Waals surface area (Å²) in [6.45, 7) is 10.6. The molecule has 0 aromatic carbocycles. The number of rotatable bonds is 14. The lowest BCUT2D eigenvalue weighted by atomic mass is 9.83. The minimum absolute atomic E-state index is 0.125. The molecule has 4 heteroatoms. The molecule has 157 valence electrons. The highest BCUT2D eigenvalue weighted by Gasteiger charge is 2.39. The Bertz CT molecular complexity index is 438. The molecule has 0 spiro atoms. The highest BCUT2D eigenvalue weighted by Crippen LogP contribution is 2.40. The fourth-order valence-electron chi connectivity index (χ4n) is 4.29. The SMILES string of the molecule is CCCC/C=C\CC1C(=O)CC(C)C1CCC(O[Si](C)C)C(F)CCCC. The molecule has 1 fully saturated rings. The van der Waals surface area contributed by atoms with Crippen LogP contribution in [0.15, 0.2) is 12.2 Å². The zero-order valence-corrected chi connectivity index (χ0v) is 19.3. The predicted octanol–water partition coefficient (Wildman–Crippen LogP) is 6.91. The molecular weight excluding hydrogens is 355 g/mol. The van der Waals surface area contributed by atoms with E-state index in [1.807, 2.05) is 0 Å². The first-order valence-corrected chi connectivity index (χ1v) is 13.6. The number of unbranched alkanes of at least 4 members (excludes halogenated alkanes) is 3. The Labute approximate surface area is 169 Å². The van der Waals surface area contributed by atoms with Crippen LogP contribution in [0.1, 0.15) is 85.0 Å². The van der Waals surface area contributed by atoms with Crippen LogP contribution in [0.4, 0.5) is 4.39 Å². The first-order chi connectivity index (χ1) is 12.9. The molecule has 1 saturated carbocycles. The second kappa shape index (κ2) is 13.7. The van der Waals surface area contributed by atoms with Crippen molar-refractivity contribution in [1.29, 1.82) is 0 Å². The van der Waals surface area contributed by atoms with Crippen LogP contribution in [-0.4, -0.2) is 27.1 Å². The fraction of sp³-hybridized carbons (Fsp3) is 0.870. The van der Waals surface area contributed by atoms with Crippen LogP contribution in [0.25, 0.3) is 0 Å². The molecule has 0 heterocycles. The molecular formula is C23H42FO2Si. The monoisotopic (exact) mass is 397 g/mol. The number of halogens is 1. The number of hydrogen-bond acceptors (Lipinski definition) is 2. The second-order valence-corrected chi connectivity index (χ2v) is 10.6. The Morgan fingerprint density at radius 2 is 1.89 bits per heavy atom. The lowest BCUT2D eigenvalue weighted by Gasteiger charge is -2.27. The lowest BCUT2D eigenvalue weighted by molar-refractivity contribution is -0.121. The van der Waals surface area contributed by atoms with E-state index < -0.39 is 15.2 Å². The van der Waals surface area contributed by atoms with Crippen molar-refractivity contribution in [2.45, 2.75) is 110 Å². The van der Waals surface area contributed by atoms with E-state index in [4.69, 9.17) is 4.43 Å². The van der Waals surface area contributed by atoms with Gasteiger partial charge in [-0.1, -0.05) is 58.6 Å². The molecule has 0 N–H and O–H groups in total. The van der Waals surface area contributed by atoms with E-state index in [-0.39, 0.29) is 12.0 Å². The molecule has 0 bridgehead atoms. The van der Waals surface area contributed by atoms with Gasteiger partial charge in [0.25, 0.3) is 0 Å². The summed E-state index contributed by atoms with van der Waals surface area (Å²) in [7, 11) is -0.925. The highest BCUT2D eigenvalue weighted by atomic mass is 28.3. The summed E-state index contributed by atoms with van der Waals surface area (Å²) in [5.74, 6) is 1.32. The zero-order valence-electron chi connectivity index (χ0n) is 18.3. The molecule has 5 atom stereocenters. The number of allylic oxidation sites excluding steroid dienone is 2. The Hall–Kier alpha value is -0.483. The summed E-state index contributed by atoms with van der Waals surface area (Å²) in [6.07, 6.45) is 12.5. The predicted molar refractivity (Wildman–Crippen MR) is 115 cm³/mol. The maximum Gasteiger partial charge on any atom is 0.205 e. The molecule has 0 amide bonds. The van der Waals surface area contributed by atoms with E-state index in [0.717, 1.165) is 38.5 Å². The first kappa shape index (κ1) is 24.6. The molecule has 5 unspecified atom stereocenters. The standard InChI is InChI=1S/C23H42FO2Si/c1-6-8-10-11-12-13-20-19(18(3)17-22(20)25)15-16-23(26-27(4)5)21(24)14-9-7-2/h11-12,18-21,23H,6-10,13-17H2,1-5H3/b12-11-. The summed E-state index contributed by atoms with van der Waals surface area (Å²) in [4.78, 5) is 12.5. The number of hydrogen-bond donors (Lipinski definition) is 0. The van der Waals surface area contributed by atoms with E-state index in [9.17, 15) is 9.18 Å². The van der Waals surface area contributed by atoms with E-state index >= 15 is 0 Å². The number of alkyl halides is 1. The third-order valence-corrected chi connectivity index (χ3v) is 6.65. The summed E-state index contributed by atoms with van der Waals surface area (Å²) in [5, 5.41) is 0. The van der Waals surface area contributed by atoms with Gasteiger partial charge in [-0.05, 0) is 57.0 Å². The maximum absolute atomic E-state index is 14.7. The molecule has 1 aliphatic carbocycles. The molecule has 1 radical (unpaired) electrons. The van der Waals surface area contributed by atoms with Gasteiger partial charge in [0.15, 0.2) is 0 Å². The molecule has 27 heavy (non-hydrogen) atoms. The van der Waals surface area contributed by atoms with Crippen molar-refractivity contribution >= 4 is 14.8 Å². The van der Waals surface area contributed by atoms with E-state index in [1.54, 1.807) is 0 Å². The van der Waals surface area contributed by atoms with Crippen molar-refractivity contribution in [2.24, 2.45) is 17.8 Å². The molecule has 0 aromatic rings. The van der Waals surface area contributed by atoms with Crippen molar-refractivity contribution in [3.05, 3.63) is 12.2 Å². The van der Waals surface area contributed by atoms with Gasteiger partial charge in [0, 0.05) is 12.3 Å². The van der Waals surface area contributed by atoms with Crippen molar-refractivity contribution in [3.63, 3.8) is 0 Å². The smallest absolute Gasteiger partial charge is 0.205 e. The molecule has 1 rings (SSSR count). The topological polar surface area (TPSA) is 26.3 Å². The Morgan fingerprint density at radius 1 is 1.19 bits per heavy atom. The van der Waals surface area contributed by atoms with Gasteiger partial charge in [0.05, 0.1) is 6.10 Å². The third kappa shape index (κ3) is 9.04. The molecule has 0 aliphatic heterocycles. The maximum atomic E-state index is 14.7. The largest absolute Gasteiger partial charge is 0.411 e. The van der Waals surface area contributed by atoms with Gasteiger partial charge < -0.3 is 4.43 Å². The van der Waals surface area contributed by atoms with E-state index in [0.29, 0.717) is 30.5 Å². The van der Waals surface area contributed by atoms with Gasteiger partial charge in [0.2, 0.25) is 9.04 Å². The molecule has 0 saturated heterocycles. The van der Waals surface area contributed by atoms with Crippen molar-refractivity contribution in [2.75, 3.05) is 0 Å². The summed E-state index contributed by atoms with van der Waals surface area (Å²) in [5.41, 5.74) is 0. The van der Waals surface area contributed by atoms with Gasteiger partial charge in [0.1, 0.15) is 12.0 Å². The van der Waals surface area contributed by atoms with Gasteiger partial charge in [-0.15, -0.1) is 0 Å². The average molecular weight is 398 g/mol. The van der Waals surface area contributed by atoms with Crippen LogP contribution in [0.5, 0.6) is 0 Å². The van der Waals surface area contributed by atoms with E-state index in [1.165, 1.54) is 12.8 Å². The molecule has 2 nitrogen and oxygen atoms in total.